The van der Waals surface area contributed by atoms with E-state index in [-0.39, 0.29) is 5.97 Å². The smallest absolute Gasteiger partial charge is 0.307 e. The number of unbranched alkanes of at least 4 members (excludes halogenated alkanes) is 1. The zero-order valence-electron chi connectivity index (χ0n) is 10.9. The highest BCUT2D eigenvalue weighted by molar-refractivity contribution is 7.98. The molecule has 0 radical (unpaired) electrons. The highest BCUT2D eigenvalue weighted by atomic mass is 32.2. The van der Waals surface area contributed by atoms with E-state index in [9.17, 15) is 4.79 Å². The number of aliphatic imine (C=N–C) groups is 1. The van der Waals surface area contributed by atoms with Gasteiger partial charge in [0.1, 0.15) is 0 Å². The summed E-state index contributed by atoms with van der Waals surface area (Å²) in [5.74, 6) is 1.71. The van der Waals surface area contributed by atoms with Gasteiger partial charge in [-0.1, -0.05) is 0 Å². The number of methoxy groups -OCH3 is 1. The molecule has 0 aliphatic carbocycles. The molecule has 6 heteroatoms. The second kappa shape index (κ2) is 11.6. The molecule has 0 saturated heterocycles. The van der Waals surface area contributed by atoms with Crippen LogP contribution in [-0.4, -0.2) is 51.2 Å². The molecule has 0 fully saturated rings. The molecule has 5 nitrogen and oxygen atoms in total. The zero-order valence-corrected chi connectivity index (χ0v) is 11.7. The summed E-state index contributed by atoms with van der Waals surface area (Å²) in [5.41, 5.74) is 0. The number of guanidine groups is 1. The van der Waals surface area contributed by atoms with Crippen LogP contribution in [0.5, 0.6) is 0 Å². The molecule has 0 amide bonds. The summed E-state index contributed by atoms with van der Waals surface area (Å²) >= 11 is 1.86. The number of esters is 1. The summed E-state index contributed by atoms with van der Waals surface area (Å²) in [6.07, 6.45) is 4.79. The molecule has 0 rings (SSSR count). The van der Waals surface area contributed by atoms with Crippen molar-refractivity contribution >= 4 is 23.7 Å². The highest BCUT2D eigenvalue weighted by Gasteiger charge is 2.01. The van der Waals surface area contributed by atoms with Crippen LogP contribution in [0.4, 0.5) is 0 Å². The zero-order chi connectivity index (χ0) is 12.9. The summed E-state index contributed by atoms with van der Waals surface area (Å²) in [5, 5.41) is 6.26. The minimum absolute atomic E-state index is 0.215. The standard InChI is InChI=1S/C11H23N3O2S/c1-12-11(13-7-4-5-9-17-3)14-8-6-10(15)16-2/h4-9H2,1-3H3,(H2,12,13,14). The molecule has 0 bridgehead atoms. The van der Waals surface area contributed by atoms with Crippen LogP contribution in [0.25, 0.3) is 0 Å². The Balaban J connectivity index is 3.53. The van der Waals surface area contributed by atoms with Crippen LogP contribution in [0.15, 0.2) is 4.99 Å². The topological polar surface area (TPSA) is 62.7 Å². The Morgan fingerprint density at radius 1 is 1.29 bits per heavy atom. The van der Waals surface area contributed by atoms with Gasteiger partial charge < -0.3 is 15.4 Å². The number of rotatable bonds is 8. The molecule has 0 aliphatic heterocycles. The number of nitrogens with zero attached hydrogens (tertiary/aromatic N) is 1. The lowest BCUT2D eigenvalue weighted by Gasteiger charge is -2.11. The Hall–Kier alpha value is -0.910. The maximum Gasteiger partial charge on any atom is 0.307 e. The van der Waals surface area contributed by atoms with Gasteiger partial charge in [-0.05, 0) is 24.9 Å². The minimum Gasteiger partial charge on any atom is -0.469 e. The Bertz CT molecular complexity index is 235. The van der Waals surface area contributed by atoms with E-state index in [0.717, 1.165) is 18.9 Å². The first-order valence-corrected chi connectivity index (χ1v) is 7.14. The molecule has 2 N–H and O–H groups in total. The molecule has 0 aromatic carbocycles. The molecule has 0 spiro atoms. The van der Waals surface area contributed by atoms with E-state index in [2.05, 4.69) is 26.6 Å². The fraction of sp³-hybridized carbons (Fsp3) is 0.818. The number of hydrogen-bond donors (Lipinski definition) is 2. The van der Waals surface area contributed by atoms with Crippen LogP contribution < -0.4 is 10.6 Å². The predicted octanol–water partition coefficient (Wildman–Crippen LogP) is 0.858. The summed E-state index contributed by atoms with van der Waals surface area (Å²) in [6, 6.07) is 0. The van der Waals surface area contributed by atoms with E-state index in [0.29, 0.717) is 13.0 Å². The summed E-state index contributed by atoms with van der Waals surface area (Å²) in [6.45, 7) is 1.44. The first-order chi connectivity index (χ1) is 8.24. The van der Waals surface area contributed by atoms with Gasteiger partial charge in [0, 0.05) is 20.1 Å². The Kier molecular flexibility index (Phi) is 11.0. The molecule has 0 saturated carbocycles. The van der Waals surface area contributed by atoms with Gasteiger partial charge in [-0.15, -0.1) is 0 Å². The van der Waals surface area contributed by atoms with Crippen molar-refractivity contribution < 1.29 is 9.53 Å². The van der Waals surface area contributed by atoms with Crippen molar-refractivity contribution in [3.63, 3.8) is 0 Å². The molecule has 0 atom stereocenters. The molecule has 100 valence electrons. The second-order valence-corrected chi connectivity index (χ2v) is 4.44. The van der Waals surface area contributed by atoms with Gasteiger partial charge in [0.25, 0.3) is 0 Å². The van der Waals surface area contributed by atoms with E-state index < -0.39 is 0 Å². The molecule has 0 aromatic heterocycles. The van der Waals surface area contributed by atoms with Gasteiger partial charge in [-0.2, -0.15) is 11.8 Å². The van der Waals surface area contributed by atoms with Crippen molar-refractivity contribution in [3.05, 3.63) is 0 Å². The predicted molar refractivity (Wildman–Crippen MR) is 73.6 cm³/mol. The van der Waals surface area contributed by atoms with Crippen molar-refractivity contribution in [1.29, 1.82) is 0 Å². The maximum atomic E-state index is 10.9. The molecule has 0 unspecified atom stereocenters. The van der Waals surface area contributed by atoms with Crippen molar-refractivity contribution in [3.8, 4) is 0 Å². The third-order valence-corrected chi connectivity index (χ3v) is 2.84. The molecular formula is C11H23N3O2S. The Morgan fingerprint density at radius 3 is 2.59 bits per heavy atom. The van der Waals surface area contributed by atoms with Gasteiger partial charge in [0.15, 0.2) is 5.96 Å². The Labute approximate surface area is 108 Å². The van der Waals surface area contributed by atoms with Crippen molar-refractivity contribution in [2.24, 2.45) is 4.99 Å². The minimum atomic E-state index is -0.215. The molecule has 0 aromatic rings. The molecule has 17 heavy (non-hydrogen) atoms. The lowest BCUT2D eigenvalue weighted by atomic mass is 10.3. The quantitative estimate of drug-likeness (QED) is 0.294. The number of carbonyl (C=O) groups is 1. The maximum absolute atomic E-state index is 10.9. The average molecular weight is 261 g/mol. The van der Waals surface area contributed by atoms with E-state index in [1.54, 1.807) is 7.05 Å². The van der Waals surface area contributed by atoms with E-state index in [4.69, 9.17) is 0 Å². The van der Waals surface area contributed by atoms with Gasteiger partial charge in [-0.25, -0.2) is 0 Å². The largest absolute Gasteiger partial charge is 0.469 e. The molecular weight excluding hydrogens is 238 g/mol. The number of hydrogen-bond acceptors (Lipinski definition) is 4. The van der Waals surface area contributed by atoms with Crippen LogP contribution in [0.2, 0.25) is 0 Å². The average Bonchev–Trinajstić information content (AvgIpc) is 2.36. The van der Waals surface area contributed by atoms with E-state index >= 15 is 0 Å². The molecule has 0 heterocycles. The van der Waals surface area contributed by atoms with Crippen LogP contribution in [0.3, 0.4) is 0 Å². The van der Waals surface area contributed by atoms with Gasteiger partial charge >= 0.3 is 5.97 Å². The molecule has 0 aliphatic rings. The van der Waals surface area contributed by atoms with Gasteiger partial charge in [0.05, 0.1) is 13.5 Å². The van der Waals surface area contributed by atoms with Crippen molar-refractivity contribution in [1.82, 2.24) is 10.6 Å². The number of carbonyl (C=O) groups excluding carboxylic acids is 1. The number of ether oxygens (including phenoxy) is 1. The fourth-order valence-corrected chi connectivity index (χ4v) is 1.68. The lowest BCUT2D eigenvalue weighted by molar-refractivity contribution is -0.140. The van der Waals surface area contributed by atoms with Crippen LogP contribution in [0.1, 0.15) is 19.3 Å². The SMILES string of the molecule is CN=C(NCCCCSC)NCCC(=O)OC. The Morgan fingerprint density at radius 2 is 2.00 bits per heavy atom. The summed E-state index contributed by atoms with van der Waals surface area (Å²) in [4.78, 5) is 15.0. The number of thioether (sulfide) groups is 1. The first kappa shape index (κ1) is 16.1. The number of nitrogens with one attached hydrogen (secondary N) is 2. The summed E-state index contributed by atoms with van der Waals surface area (Å²) < 4.78 is 4.55. The van der Waals surface area contributed by atoms with Crippen molar-refractivity contribution in [2.75, 3.05) is 39.3 Å². The fourth-order valence-electron chi connectivity index (χ4n) is 1.18. The third kappa shape index (κ3) is 9.99. The first-order valence-electron chi connectivity index (χ1n) is 5.74. The third-order valence-electron chi connectivity index (χ3n) is 2.14. The van der Waals surface area contributed by atoms with Crippen molar-refractivity contribution in [2.45, 2.75) is 19.3 Å². The monoisotopic (exact) mass is 261 g/mol. The summed E-state index contributed by atoms with van der Waals surface area (Å²) in [7, 11) is 3.11. The highest BCUT2D eigenvalue weighted by Crippen LogP contribution is 1.97. The van der Waals surface area contributed by atoms with E-state index in [1.807, 2.05) is 11.8 Å². The van der Waals surface area contributed by atoms with Gasteiger partial charge in [0.2, 0.25) is 0 Å². The van der Waals surface area contributed by atoms with E-state index in [1.165, 1.54) is 19.3 Å². The normalized spacial score (nSPS) is 11.1. The second-order valence-electron chi connectivity index (χ2n) is 3.45. The lowest BCUT2D eigenvalue weighted by Crippen LogP contribution is -2.38. The van der Waals surface area contributed by atoms with Crippen LogP contribution in [0, 0.1) is 0 Å². The van der Waals surface area contributed by atoms with Gasteiger partial charge in [-0.3, -0.25) is 9.79 Å². The van der Waals surface area contributed by atoms with Crippen LogP contribution in [-0.2, 0) is 9.53 Å². The van der Waals surface area contributed by atoms with Crippen LogP contribution >= 0.6 is 11.8 Å².